The van der Waals surface area contributed by atoms with Crippen molar-refractivity contribution in [3.8, 4) is 0 Å². The molecule has 2 aliphatic rings. The lowest BCUT2D eigenvalue weighted by molar-refractivity contribution is 0.200. The summed E-state index contributed by atoms with van der Waals surface area (Å²) in [5, 5.41) is 6.01. The fourth-order valence-electron chi connectivity index (χ4n) is 5.25. The monoisotopic (exact) mass is 608 g/mol. The average Bonchev–Trinajstić information content (AvgIpc) is 3.61. The third-order valence-corrected chi connectivity index (χ3v) is 7.30. The lowest BCUT2D eigenvalue weighted by Crippen LogP contribution is -2.34. The van der Waals surface area contributed by atoms with Gasteiger partial charge in [-0.15, -0.1) is 0 Å². The van der Waals surface area contributed by atoms with E-state index in [2.05, 4.69) is 59.2 Å². The predicted molar refractivity (Wildman–Crippen MR) is 188 cm³/mol. The SMILES string of the molecule is C.CC.CC.O=C1NC(Cc2ccccc2)CN1Cc1ccccc1.O=C1NCC(Cc2ccccc2)N1Cc1ccccc1. The molecular formula is C39H52N4O2. The number of hydrogen-bond donors (Lipinski definition) is 2. The van der Waals surface area contributed by atoms with Gasteiger partial charge in [0.05, 0.1) is 12.1 Å². The first-order valence-electron chi connectivity index (χ1n) is 15.9. The van der Waals surface area contributed by atoms with Crippen molar-refractivity contribution in [2.75, 3.05) is 13.1 Å². The highest BCUT2D eigenvalue weighted by atomic mass is 16.2. The highest BCUT2D eigenvalue weighted by molar-refractivity contribution is 5.77. The van der Waals surface area contributed by atoms with E-state index in [4.69, 9.17) is 0 Å². The number of amides is 4. The minimum absolute atomic E-state index is 0. The summed E-state index contributed by atoms with van der Waals surface area (Å²) in [7, 11) is 0. The van der Waals surface area contributed by atoms with Gasteiger partial charge in [-0.1, -0.05) is 156 Å². The van der Waals surface area contributed by atoms with Crippen LogP contribution in [0.4, 0.5) is 9.59 Å². The predicted octanol–water partition coefficient (Wildman–Crippen LogP) is 8.33. The Balaban J connectivity index is 0.000000277. The van der Waals surface area contributed by atoms with Crippen LogP contribution in [-0.4, -0.2) is 47.0 Å². The number of rotatable bonds is 8. The fraction of sp³-hybridized carbons (Fsp3) is 0.333. The summed E-state index contributed by atoms with van der Waals surface area (Å²) in [6.45, 7) is 10.8. The lowest BCUT2D eigenvalue weighted by Gasteiger charge is -2.23. The zero-order chi connectivity index (χ0) is 31.6. The molecule has 0 radical (unpaired) electrons. The first kappa shape index (κ1) is 36.6. The second kappa shape index (κ2) is 20.4. The number of hydrogen-bond acceptors (Lipinski definition) is 2. The van der Waals surface area contributed by atoms with Crippen molar-refractivity contribution in [1.82, 2.24) is 20.4 Å². The summed E-state index contributed by atoms with van der Waals surface area (Å²) in [5.74, 6) is 0. The van der Waals surface area contributed by atoms with Crippen LogP contribution in [0.3, 0.4) is 0 Å². The highest BCUT2D eigenvalue weighted by Crippen LogP contribution is 2.17. The maximum atomic E-state index is 12.0. The van der Waals surface area contributed by atoms with Gasteiger partial charge in [-0.3, -0.25) is 0 Å². The average molecular weight is 609 g/mol. The van der Waals surface area contributed by atoms with E-state index >= 15 is 0 Å². The van der Waals surface area contributed by atoms with Crippen LogP contribution in [-0.2, 0) is 25.9 Å². The van der Waals surface area contributed by atoms with Crippen molar-refractivity contribution in [2.24, 2.45) is 0 Å². The number of nitrogens with zero attached hydrogens (tertiary/aromatic N) is 2. The molecule has 4 amide bonds. The van der Waals surface area contributed by atoms with Crippen LogP contribution in [0.5, 0.6) is 0 Å². The summed E-state index contributed by atoms with van der Waals surface area (Å²) in [5.41, 5.74) is 4.87. The maximum absolute atomic E-state index is 12.0. The van der Waals surface area contributed by atoms with Crippen molar-refractivity contribution in [2.45, 2.75) is 73.1 Å². The van der Waals surface area contributed by atoms with E-state index in [-0.39, 0.29) is 31.6 Å². The number of benzene rings is 4. The van der Waals surface area contributed by atoms with E-state index < -0.39 is 0 Å². The summed E-state index contributed by atoms with van der Waals surface area (Å²) in [4.78, 5) is 27.8. The van der Waals surface area contributed by atoms with Gasteiger partial charge in [-0.2, -0.15) is 0 Å². The van der Waals surface area contributed by atoms with Gasteiger partial charge in [0.15, 0.2) is 0 Å². The van der Waals surface area contributed by atoms with Crippen LogP contribution in [0.25, 0.3) is 0 Å². The summed E-state index contributed by atoms with van der Waals surface area (Å²) in [6.07, 6.45) is 1.78. The quantitative estimate of drug-likeness (QED) is 0.211. The third-order valence-electron chi connectivity index (χ3n) is 7.30. The Hall–Kier alpha value is -4.58. The molecule has 6 nitrogen and oxygen atoms in total. The second-order valence-electron chi connectivity index (χ2n) is 10.3. The zero-order valence-electron chi connectivity index (χ0n) is 26.7. The van der Waals surface area contributed by atoms with Gasteiger partial charge in [-0.05, 0) is 35.1 Å². The van der Waals surface area contributed by atoms with E-state index in [0.29, 0.717) is 13.1 Å². The topological polar surface area (TPSA) is 64.7 Å². The molecule has 0 aromatic heterocycles. The van der Waals surface area contributed by atoms with E-state index in [9.17, 15) is 9.59 Å². The molecule has 2 N–H and O–H groups in total. The molecular weight excluding hydrogens is 556 g/mol. The molecule has 0 bridgehead atoms. The summed E-state index contributed by atoms with van der Waals surface area (Å²) < 4.78 is 0. The molecule has 2 fully saturated rings. The van der Waals surface area contributed by atoms with E-state index in [0.717, 1.165) is 25.9 Å². The normalized spacial score (nSPS) is 16.4. The minimum Gasteiger partial charge on any atom is -0.336 e. The van der Waals surface area contributed by atoms with Crippen LogP contribution in [0.15, 0.2) is 121 Å². The van der Waals surface area contributed by atoms with Crippen LogP contribution in [0, 0.1) is 0 Å². The first-order chi connectivity index (χ1) is 21.6. The minimum atomic E-state index is 0. The van der Waals surface area contributed by atoms with Gasteiger partial charge in [0, 0.05) is 26.2 Å². The fourth-order valence-corrected chi connectivity index (χ4v) is 5.25. The van der Waals surface area contributed by atoms with Crippen molar-refractivity contribution < 1.29 is 9.59 Å². The molecule has 0 saturated carbocycles. The van der Waals surface area contributed by atoms with Crippen LogP contribution < -0.4 is 10.6 Å². The zero-order valence-corrected chi connectivity index (χ0v) is 26.7. The maximum Gasteiger partial charge on any atom is 0.318 e. The Labute approximate surface area is 271 Å². The molecule has 2 atom stereocenters. The van der Waals surface area contributed by atoms with Crippen LogP contribution in [0.2, 0.25) is 0 Å². The molecule has 2 saturated heterocycles. The van der Waals surface area contributed by atoms with Gasteiger partial charge in [-0.25, -0.2) is 9.59 Å². The number of urea groups is 2. The lowest BCUT2D eigenvalue weighted by atomic mass is 10.1. The van der Waals surface area contributed by atoms with Crippen molar-refractivity contribution in [3.63, 3.8) is 0 Å². The molecule has 4 aromatic carbocycles. The van der Waals surface area contributed by atoms with Crippen molar-refractivity contribution in [3.05, 3.63) is 144 Å². The largest absolute Gasteiger partial charge is 0.336 e. The molecule has 0 spiro atoms. The molecule has 6 heteroatoms. The van der Waals surface area contributed by atoms with Gasteiger partial charge >= 0.3 is 12.1 Å². The molecule has 6 rings (SSSR count). The van der Waals surface area contributed by atoms with Crippen LogP contribution in [0.1, 0.15) is 57.4 Å². The van der Waals surface area contributed by atoms with E-state index in [1.165, 1.54) is 22.3 Å². The Bertz CT molecular complexity index is 1350. The second-order valence-corrected chi connectivity index (χ2v) is 10.3. The molecule has 240 valence electrons. The molecule has 45 heavy (non-hydrogen) atoms. The standard InChI is InChI=1S/2C17H18N2O.2C2H6.CH4/c20-17-18-12-16(11-14-7-3-1-4-8-14)19(17)13-15-9-5-2-6-10-15;20-17-18-16(11-14-7-3-1-4-8-14)13-19(17)12-15-9-5-2-6-10-15;2*1-2;/h2*1-10,16H,11-13H2,(H,18,20);2*1-2H3;1H4. The van der Waals surface area contributed by atoms with Gasteiger partial charge in [0.2, 0.25) is 0 Å². The van der Waals surface area contributed by atoms with Gasteiger partial charge in [0.25, 0.3) is 0 Å². The first-order valence-corrected chi connectivity index (χ1v) is 15.9. The molecule has 2 aliphatic heterocycles. The third kappa shape index (κ3) is 11.8. The number of nitrogens with one attached hydrogen (secondary N) is 2. The highest BCUT2D eigenvalue weighted by Gasteiger charge is 2.30. The Kier molecular flexibility index (Phi) is 16.6. The number of carbonyl (C=O) groups excluding carboxylic acids is 2. The Morgan fingerprint density at radius 2 is 1.00 bits per heavy atom. The molecule has 2 unspecified atom stereocenters. The number of carbonyl (C=O) groups is 2. The van der Waals surface area contributed by atoms with Crippen LogP contribution >= 0.6 is 0 Å². The Morgan fingerprint density at radius 3 is 1.49 bits per heavy atom. The molecule has 2 heterocycles. The Morgan fingerprint density at radius 1 is 0.578 bits per heavy atom. The molecule has 4 aromatic rings. The molecule has 0 aliphatic carbocycles. The van der Waals surface area contributed by atoms with Crippen molar-refractivity contribution >= 4 is 12.1 Å². The van der Waals surface area contributed by atoms with E-state index in [1.807, 2.05) is 110 Å². The van der Waals surface area contributed by atoms with Gasteiger partial charge < -0.3 is 20.4 Å². The van der Waals surface area contributed by atoms with E-state index in [1.54, 1.807) is 0 Å². The van der Waals surface area contributed by atoms with Gasteiger partial charge in [0.1, 0.15) is 0 Å². The summed E-state index contributed by atoms with van der Waals surface area (Å²) in [6, 6.07) is 41.4. The summed E-state index contributed by atoms with van der Waals surface area (Å²) >= 11 is 0. The smallest absolute Gasteiger partial charge is 0.318 e. The van der Waals surface area contributed by atoms with Crippen molar-refractivity contribution in [1.29, 1.82) is 0 Å².